The van der Waals surface area contributed by atoms with Crippen molar-refractivity contribution < 1.29 is 0 Å². The highest BCUT2D eigenvalue weighted by molar-refractivity contribution is 5.75. The number of benzene rings is 5. The Balaban J connectivity index is 1.80. The third kappa shape index (κ3) is 3.08. The molecule has 6 rings (SSSR count). The molecule has 1 aliphatic rings. The van der Waals surface area contributed by atoms with E-state index in [2.05, 4.69) is 144 Å². The van der Waals surface area contributed by atoms with E-state index in [9.17, 15) is 0 Å². The van der Waals surface area contributed by atoms with Gasteiger partial charge in [0.2, 0.25) is 0 Å². The van der Waals surface area contributed by atoms with Crippen LogP contribution in [-0.4, -0.2) is 0 Å². The summed E-state index contributed by atoms with van der Waals surface area (Å²) in [6.07, 6.45) is 0.943. The van der Waals surface area contributed by atoms with Gasteiger partial charge in [-0.1, -0.05) is 115 Å². The minimum atomic E-state index is -0.505. The molecule has 5 aromatic carbocycles. The first kappa shape index (κ1) is 19.6. The van der Waals surface area contributed by atoms with Gasteiger partial charge in [0.25, 0.3) is 0 Å². The van der Waals surface area contributed by atoms with Crippen LogP contribution < -0.4 is 4.90 Å². The molecule has 158 valence electrons. The van der Waals surface area contributed by atoms with E-state index in [-0.39, 0.29) is 0 Å². The largest absolute Gasteiger partial charge is 0.323 e. The molecule has 0 saturated heterocycles. The lowest BCUT2D eigenvalue weighted by Crippen LogP contribution is -2.48. The zero-order chi connectivity index (χ0) is 22.1. The molecule has 0 radical (unpaired) electrons. The van der Waals surface area contributed by atoms with Crippen molar-refractivity contribution in [3.8, 4) is 0 Å². The summed E-state index contributed by atoms with van der Waals surface area (Å²) in [4.78, 5) is 2.53. The lowest BCUT2D eigenvalue weighted by atomic mass is 9.67. The second-order valence-electron chi connectivity index (χ2n) is 8.57. The Kier molecular flexibility index (Phi) is 4.81. The van der Waals surface area contributed by atoms with Gasteiger partial charge in [-0.2, -0.15) is 0 Å². The number of anilines is 2. The minimum absolute atomic E-state index is 0.505. The van der Waals surface area contributed by atoms with Gasteiger partial charge in [-0.05, 0) is 58.5 Å². The van der Waals surface area contributed by atoms with Crippen molar-refractivity contribution in [2.45, 2.75) is 12.0 Å². The molecule has 0 bridgehead atoms. The first-order valence-corrected chi connectivity index (χ1v) is 11.5. The van der Waals surface area contributed by atoms with Crippen LogP contribution in [0.1, 0.15) is 27.8 Å². The van der Waals surface area contributed by atoms with Crippen LogP contribution >= 0.6 is 0 Å². The molecular formula is C32H25N. The van der Waals surface area contributed by atoms with Gasteiger partial charge in [0.05, 0.1) is 0 Å². The number of rotatable bonds is 4. The molecule has 1 aliphatic carbocycles. The number of hydrogen-bond donors (Lipinski definition) is 0. The summed E-state index contributed by atoms with van der Waals surface area (Å²) in [6.45, 7) is 0. The van der Waals surface area contributed by atoms with Crippen LogP contribution in [0.15, 0.2) is 140 Å². The van der Waals surface area contributed by atoms with Gasteiger partial charge in [0, 0.05) is 11.4 Å². The smallest absolute Gasteiger partial charge is 0.121 e. The average Bonchev–Trinajstić information content (AvgIpc) is 2.90. The lowest BCUT2D eigenvalue weighted by molar-refractivity contribution is 0.600. The summed E-state index contributed by atoms with van der Waals surface area (Å²) < 4.78 is 0. The van der Waals surface area contributed by atoms with E-state index >= 15 is 0 Å². The normalized spacial score (nSPS) is 13.6. The van der Waals surface area contributed by atoms with Crippen molar-refractivity contribution in [3.05, 3.63) is 167 Å². The fraction of sp³-hybridized carbons (Fsp3) is 0.0625. The summed E-state index contributed by atoms with van der Waals surface area (Å²) in [6, 6.07) is 50.4. The summed E-state index contributed by atoms with van der Waals surface area (Å²) in [7, 11) is 0. The fourth-order valence-electron chi connectivity index (χ4n) is 5.46. The van der Waals surface area contributed by atoms with Crippen LogP contribution in [-0.2, 0) is 12.0 Å². The monoisotopic (exact) mass is 423 g/mol. The van der Waals surface area contributed by atoms with Gasteiger partial charge in [-0.15, -0.1) is 0 Å². The Hall–Kier alpha value is -4.10. The topological polar surface area (TPSA) is 3.24 Å². The molecule has 1 nitrogen and oxygen atoms in total. The van der Waals surface area contributed by atoms with E-state index < -0.39 is 5.54 Å². The predicted molar refractivity (Wildman–Crippen MR) is 137 cm³/mol. The molecule has 0 aliphatic heterocycles. The van der Waals surface area contributed by atoms with E-state index in [0.717, 1.165) is 6.42 Å². The van der Waals surface area contributed by atoms with Gasteiger partial charge in [0.15, 0.2) is 0 Å². The lowest BCUT2D eigenvalue weighted by Gasteiger charge is -2.50. The molecule has 0 amide bonds. The maximum atomic E-state index is 2.53. The Morgan fingerprint density at radius 2 is 0.818 bits per heavy atom. The standard InChI is InChI=1S/C32H25N/c1-4-16-27(17-5-1)32(33(28-18-6-2-7-19-28)29-20-8-3-9-21-29)30-22-12-10-14-25(30)24-26-15-11-13-23-31(26)32/h1-23H,24H2. The van der Waals surface area contributed by atoms with Gasteiger partial charge >= 0.3 is 0 Å². The summed E-state index contributed by atoms with van der Waals surface area (Å²) in [5.41, 5.74) is 8.50. The zero-order valence-corrected chi connectivity index (χ0v) is 18.4. The molecule has 0 heterocycles. The minimum Gasteiger partial charge on any atom is -0.323 e. The van der Waals surface area contributed by atoms with Gasteiger partial charge < -0.3 is 4.90 Å². The van der Waals surface area contributed by atoms with Crippen LogP contribution in [0.25, 0.3) is 0 Å². The second-order valence-corrected chi connectivity index (χ2v) is 8.57. The molecule has 33 heavy (non-hydrogen) atoms. The number of hydrogen-bond acceptors (Lipinski definition) is 1. The number of nitrogens with zero attached hydrogens (tertiary/aromatic N) is 1. The molecule has 0 atom stereocenters. The molecule has 0 saturated carbocycles. The number of fused-ring (bicyclic) bond motifs is 2. The molecule has 0 aromatic heterocycles. The van der Waals surface area contributed by atoms with E-state index in [4.69, 9.17) is 0 Å². The molecular weight excluding hydrogens is 398 g/mol. The van der Waals surface area contributed by atoms with Crippen LogP contribution in [0.4, 0.5) is 11.4 Å². The SMILES string of the molecule is c1ccc(N(c2ccccc2)C2(c3ccccc3)c3ccccc3Cc3ccccc32)cc1. The first-order valence-electron chi connectivity index (χ1n) is 11.5. The highest BCUT2D eigenvalue weighted by Crippen LogP contribution is 2.52. The predicted octanol–water partition coefficient (Wildman–Crippen LogP) is 7.72. The van der Waals surface area contributed by atoms with Gasteiger partial charge in [-0.25, -0.2) is 0 Å². The van der Waals surface area contributed by atoms with E-state index in [0.29, 0.717) is 0 Å². The van der Waals surface area contributed by atoms with Crippen LogP contribution in [0, 0.1) is 0 Å². The Labute approximate surface area is 195 Å². The van der Waals surface area contributed by atoms with Crippen molar-refractivity contribution in [1.29, 1.82) is 0 Å². The van der Waals surface area contributed by atoms with Crippen molar-refractivity contribution in [3.63, 3.8) is 0 Å². The quantitative estimate of drug-likeness (QED) is 0.286. The van der Waals surface area contributed by atoms with Gasteiger partial charge in [-0.3, -0.25) is 0 Å². The van der Waals surface area contributed by atoms with Gasteiger partial charge in [0.1, 0.15) is 5.54 Å². The number of para-hydroxylation sites is 2. The molecule has 0 fully saturated rings. The third-order valence-electron chi connectivity index (χ3n) is 6.75. The van der Waals surface area contributed by atoms with Crippen molar-refractivity contribution >= 4 is 11.4 Å². The fourth-order valence-corrected chi connectivity index (χ4v) is 5.46. The highest BCUT2D eigenvalue weighted by Gasteiger charge is 2.47. The molecule has 0 N–H and O–H groups in total. The average molecular weight is 424 g/mol. The Bertz CT molecular complexity index is 1290. The Morgan fingerprint density at radius 3 is 1.30 bits per heavy atom. The first-order chi connectivity index (χ1) is 16.4. The maximum Gasteiger partial charge on any atom is 0.121 e. The molecule has 5 aromatic rings. The summed E-state index contributed by atoms with van der Waals surface area (Å²) in [5, 5.41) is 0. The van der Waals surface area contributed by atoms with Crippen molar-refractivity contribution in [2.24, 2.45) is 0 Å². The van der Waals surface area contributed by atoms with Crippen molar-refractivity contribution in [1.82, 2.24) is 0 Å². The molecule has 0 spiro atoms. The summed E-state index contributed by atoms with van der Waals surface area (Å²) in [5.74, 6) is 0. The van der Waals surface area contributed by atoms with Crippen LogP contribution in [0.2, 0.25) is 0 Å². The van der Waals surface area contributed by atoms with Crippen molar-refractivity contribution in [2.75, 3.05) is 4.90 Å². The highest BCUT2D eigenvalue weighted by atomic mass is 15.2. The van der Waals surface area contributed by atoms with E-state index in [1.54, 1.807) is 0 Å². The second kappa shape index (κ2) is 8.11. The Morgan fingerprint density at radius 1 is 0.424 bits per heavy atom. The maximum absolute atomic E-state index is 2.53. The summed E-state index contributed by atoms with van der Waals surface area (Å²) >= 11 is 0. The van der Waals surface area contributed by atoms with E-state index in [1.165, 1.54) is 39.2 Å². The third-order valence-corrected chi connectivity index (χ3v) is 6.75. The van der Waals surface area contributed by atoms with E-state index in [1.807, 2.05) is 0 Å². The molecule has 0 unspecified atom stereocenters. The van der Waals surface area contributed by atoms with Crippen LogP contribution in [0.5, 0.6) is 0 Å². The molecule has 1 heteroatoms. The zero-order valence-electron chi connectivity index (χ0n) is 18.4. The van der Waals surface area contributed by atoms with Crippen LogP contribution in [0.3, 0.4) is 0 Å².